The third-order valence-electron chi connectivity index (χ3n) is 4.45. The average Bonchev–Trinajstić information content (AvgIpc) is 2.77. The highest BCUT2D eigenvalue weighted by Gasteiger charge is 2.15. The summed E-state index contributed by atoms with van der Waals surface area (Å²) >= 11 is 0. The molecular weight excluding hydrogens is 394 g/mol. The molecule has 0 spiro atoms. The van der Waals surface area contributed by atoms with Gasteiger partial charge in [0.1, 0.15) is 0 Å². The van der Waals surface area contributed by atoms with Gasteiger partial charge in [0.05, 0.1) is 23.8 Å². The molecule has 0 unspecified atom stereocenters. The van der Waals surface area contributed by atoms with Crippen LogP contribution in [0.15, 0.2) is 55.0 Å². The predicted molar refractivity (Wildman–Crippen MR) is 120 cm³/mol. The lowest BCUT2D eigenvalue weighted by Crippen LogP contribution is -2.27. The Morgan fingerprint density at radius 1 is 1.06 bits per heavy atom. The third-order valence-corrected chi connectivity index (χ3v) is 4.45. The summed E-state index contributed by atoms with van der Waals surface area (Å²) < 4.78 is 0. The van der Waals surface area contributed by atoms with E-state index in [2.05, 4.69) is 30.5 Å². The number of hydrogen-bond acceptors (Lipinski definition) is 7. The molecule has 0 bridgehead atoms. The summed E-state index contributed by atoms with van der Waals surface area (Å²) in [5.74, 6) is -0.585. The number of pyridine rings is 1. The first-order valence-electron chi connectivity index (χ1n) is 9.81. The number of anilines is 2. The lowest BCUT2D eigenvalue weighted by Gasteiger charge is -2.10. The van der Waals surface area contributed by atoms with Crippen LogP contribution in [0.2, 0.25) is 0 Å². The molecular formula is C22H25N7O2. The van der Waals surface area contributed by atoms with Crippen molar-refractivity contribution in [2.24, 2.45) is 0 Å². The quantitative estimate of drug-likeness (QED) is 0.477. The molecule has 3 rings (SSSR count). The van der Waals surface area contributed by atoms with Crippen molar-refractivity contribution in [3.63, 3.8) is 0 Å². The van der Waals surface area contributed by atoms with Crippen LogP contribution in [0.25, 0.3) is 11.3 Å². The molecule has 0 saturated carbocycles. The zero-order valence-electron chi connectivity index (χ0n) is 17.5. The van der Waals surface area contributed by atoms with Gasteiger partial charge in [-0.2, -0.15) is 0 Å². The highest BCUT2D eigenvalue weighted by atomic mass is 16.2. The molecule has 0 fully saturated rings. The topological polar surface area (TPSA) is 126 Å². The van der Waals surface area contributed by atoms with Crippen molar-refractivity contribution < 1.29 is 9.59 Å². The van der Waals surface area contributed by atoms with Crippen LogP contribution < -0.4 is 16.4 Å². The van der Waals surface area contributed by atoms with E-state index in [4.69, 9.17) is 5.73 Å². The lowest BCUT2D eigenvalue weighted by molar-refractivity contribution is 0.0951. The first kappa shape index (κ1) is 21.8. The standard InChI is InChI=1S/C22H25N7O2/c1-29(2)12-4-11-25-21(30)16-8-6-15(7-9-16)18-14-26-20(23)19(28-18)22(31)27-17-5-3-10-24-13-17/h3,5-10,13-14H,4,11-12H2,1-2H3,(H2,23,26)(H,25,30)(H,27,31). The number of nitrogen functional groups attached to an aromatic ring is 1. The zero-order valence-corrected chi connectivity index (χ0v) is 17.5. The maximum Gasteiger partial charge on any atom is 0.278 e. The maximum atomic E-state index is 12.6. The molecule has 4 N–H and O–H groups in total. The van der Waals surface area contributed by atoms with Crippen LogP contribution in [-0.2, 0) is 0 Å². The second-order valence-corrected chi connectivity index (χ2v) is 7.17. The van der Waals surface area contributed by atoms with Crippen LogP contribution in [0, 0.1) is 0 Å². The second kappa shape index (κ2) is 10.3. The Bertz CT molecular complexity index is 1040. The minimum Gasteiger partial charge on any atom is -0.382 e. The summed E-state index contributed by atoms with van der Waals surface area (Å²) in [5.41, 5.74) is 8.14. The number of rotatable bonds is 8. The molecule has 0 saturated heterocycles. The van der Waals surface area contributed by atoms with Crippen molar-refractivity contribution in [1.29, 1.82) is 0 Å². The van der Waals surface area contributed by atoms with E-state index in [1.807, 2.05) is 14.1 Å². The molecule has 9 heteroatoms. The van der Waals surface area contributed by atoms with Gasteiger partial charge in [-0.25, -0.2) is 9.97 Å². The van der Waals surface area contributed by atoms with Crippen molar-refractivity contribution >= 4 is 23.3 Å². The van der Waals surface area contributed by atoms with E-state index >= 15 is 0 Å². The number of carbonyl (C=O) groups excluding carboxylic acids is 2. The minimum atomic E-state index is -0.478. The summed E-state index contributed by atoms with van der Waals surface area (Å²) in [5, 5.41) is 5.59. The maximum absolute atomic E-state index is 12.6. The Morgan fingerprint density at radius 2 is 1.84 bits per heavy atom. The first-order chi connectivity index (χ1) is 14.9. The van der Waals surface area contributed by atoms with Crippen LogP contribution in [0.3, 0.4) is 0 Å². The molecule has 1 aromatic carbocycles. The van der Waals surface area contributed by atoms with E-state index < -0.39 is 5.91 Å². The van der Waals surface area contributed by atoms with Gasteiger partial charge in [-0.15, -0.1) is 0 Å². The number of nitrogens with two attached hydrogens (primary N) is 1. The largest absolute Gasteiger partial charge is 0.382 e. The summed E-state index contributed by atoms with van der Waals surface area (Å²) in [4.78, 5) is 39.3. The highest BCUT2D eigenvalue weighted by Crippen LogP contribution is 2.20. The molecule has 2 aromatic heterocycles. The molecule has 0 aliphatic carbocycles. The molecule has 3 aromatic rings. The summed E-state index contributed by atoms with van der Waals surface area (Å²) in [6.07, 6.45) is 5.50. The van der Waals surface area contributed by atoms with Crippen LogP contribution >= 0.6 is 0 Å². The van der Waals surface area contributed by atoms with Gasteiger partial charge in [-0.3, -0.25) is 14.6 Å². The number of amides is 2. The Balaban J connectivity index is 1.69. The third kappa shape index (κ3) is 6.06. The van der Waals surface area contributed by atoms with Crippen LogP contribution in [-0.4, -0.2) is 58.9 Å². The van der Waals surface area contributed by atoms with E-state index in [0.717, 1.165) is 13.0 Å². The summed E-state index contributed by atoms with van der Waals surface area (Å²) in [7, 11) is 3.99. The van der Waals surface area contributed by atoms with Crippen molar-refractivity contribution in [2.45, 2.75) is 6.42 Å². The van der Waals surface area contributed by atoms with Crippen molar-refractivity contribution in [2.75, 3.05) is 38.2 Å². The molecule has 0 aliphatic heterocycles. The Morgan fingerprint density at radius 3 is 2.52 bits per heavy atom. The number of benzene rings is 1. The van der Waals surface area contributed by atoms with Crippen LogP contribution in [0.1, 0.15) is 27.3 Å². The van der Waals surface area contributed by atoms with Gasteiger partial charge < -0.3 is 21.3 Å². The van der Waals surface area contributed by atoms with Crippen molar-refractivity contribution in [3.05, 3.63) is 66.2 Å². The van der Waals surface area contributed by atoms with Gasteiger partial charge in [0.15, 0.2) is 11.5 Å². The predicted octanol–water partition coefficient (Wildman–Crippen LogP) is 2.05. The van der Waals surface area contributed by atoms with Gasteiger partial charge in [0.2, 0.25) is 0 Å². The fraction of sp³-hybridized carbons (Fsp3) is 0.227. The molecule has 2 amide bonds. The minimum absolute atomic E-state index is 0.0177. The van der Waals surface area contributed by atoms with E-state index in [9.17, 15) is 9.59 Å². The molecule has 2 heterocycles. The fourth-order valence-corrected chi connectivity index (χ4v) is 2.82. The molecule has 31 heavy (non-hydrogen) atoms. The normalized spacial score (nSPS) is 10.7. The Kier molecular flexibility index (Phi) is 7.23. The smallest absolute Gasteiger partial charge is 0.278 e. The van der Waals surface area contributed by atoms with Gasteiger partial charge in [0.25, 0.3) is 11.8 Å². The van der Waals surface area contributed by atoms with Crippen LogP contribution in [0.4, 0.5) is 11.5 Å². The second-order valence-electron chi connectivity index (χ2n) is 7.17. The molecule has 0 atom stereocenters. The molecule has 9 nitrogen and oxygen atoms in total. The van der Waals surface area contributed by atoms with Gasteiger partial charge >= 0.3 is 0 Å². The van der Waals surface area contributed by atoms with E-state index in [-0.39, 0.29) is 17.4 Å². The Hall–Kier alpha value is -3.85. The van der Waals surface area contributed by atoms with E-state index in [1.165, 1.54) is 12.4 Å². The van der Waals surface area contributed by atoms with Gasteiger partial charge in [-0.1, -0.05) is 12.1 Å². The molecule has 0 aliphatic rings. The molecule has 160 valence electrons. The van der Waals surface area contributed by atoms with Crippen molar-refractivity contribution in [1.82, 2.24) is 25.2 Å². The molecule has 0 radical (unpaired) electrons. The van der Waals surface area contributed by atoms with E-state index in [1.54, 1.807) is 42.6 Å². The number of aromatic nitrogens is 3. The fourth-order valence-electron chi connectivity index (χ4n) is 2.82. The van der Waals surface area contributed by atoms with Gasteiger partial charge in [-0.05, 0) is 51.3 Å². The van der Waals surface area contributed by atoms with Gasteiger partial charge in [0, 0.05) is 23.9 Å². The first-order valence-corrected chi connectivity index (χ1v) is 9.81. The number of nitrogens with one attached hydrogen (secondary N) is 2. The number of nitrogens with zero attached hydrogens (tertiary/aromatic N) is 4. The Labute approximate surface area is 180 Å². The van der Waals surface area contributed by atoms with E-state index in [0.29, 0.717) is 29.1 Å². The summed E-state index contributed by atoms with van der Waals surface area (Å²) in [6, 6.07) is 10.4. The average molecular weight is 419 g/mol. The summed E-state index contributed by atoms with van der Waals surface area (Å²) in [6.45, 7) is 1.52. The lowest BCUT2D eigenvalue weighted by atomic mass is 10.1. The monoisotopic (exact) mass is 419 g/mol. The zero-order chi connectivity index (χ0) is 22.2. The number of carbonyl (C=O) groups is 2. The number of hydrogen-bond donors (Lipinski definition) is 3. The SMILES string of the molecule is CN(C)CCCNC(=O)c1ccc(-c2cnc(N)c(C(=O)Nc3cccnc3)n2)cc1. The highest BCUT2D eigenvalue weighted by molar-refractivity contribution is 6.05. The van der Waals surface area contributed by atoms with Crippen molar-refractivity contribution in [3.8, 4) is 11.3 Å². The van der Waals surface area contributed by atoms with Crippen LogP contribution in [0.5, 0.6) is 0 Å².